The van der Waals surface area contributed by atoms with Crippen LogP contribution in [-0.2, 0) is 46.7 Å². The quantitative estimate of drug-likeness (QED) is 0.0916. The number of ether oxygens (including phenoxy) is 2. The summed E-state index contributed by atoms with van der Waals surface area (Å²) in [5.41, 5.74) is 8.63. The van der Waals surface area contributed by atoms with Crippen LogP contribution in [0.15, 0.2) is 23.8 Å². The van der Waals surface area contributed by atoms with Gasteiger partial charge in [-0.1, -0.05) is 0 Å². The maximum Gasteiger partial charge on any atom is 0.325 e. The van der Waals surface area contributed by atoms with Crippen molar-refractivity contribution in [3.05, 3.63) is 29.3 Å². The molecule has 4 aromatic heterocycles. The summed E-state index contributed by atoms with van der Waals surface area (Å²) >= 11 is 11.4. The van der Waals surface area contributed by atoms with E-state index < -0.39 is 78.5 Å². The van der Waals surface area contributed by atoms with Gasteiger partial charge in [0.05, 0.1) is 31.1 Å². The maximum atomic E-state index is 12.4. The lowest BCUT2D eigenvalue weighted by molar-refractivity contribution is -0.183. The van der Waals surface area contributed by atoms with Gasteiger partial charge in [0, 0.05) is 0 Å². The van der Waals surface area contributed by atoms with Crippen molar-refractivity contribution in [1.29, 1.82) is 0 Å². The van der Waals surface area contributed by atoms with E-state index in [1.165, 1.54) is 23.5 Å². The molecule has 1 saturated carbocycles. The van der Waals surface area contributed by atoms with Crippen LogP contribution < -0.4 is 17.0 Å². The molecule has 0 radical (unpaired) electrons. The average Bonchev–Trinajstić information content (AvgIpc) is 3.61. The van der Waals surface area contributed by atoms with Gasteiger partial charge in [0.15, 0.2) is 36.0 Å². The van der Waals surface area contributed by atoms with E-state index in [2.05, 4.69) is 29.9 Å². The Bertz CT molecular complexity index is 2030. The van der Waals surface area contributed by atoms with Crippen LogP contribution in [-0.4, -0.2) is 113 Å². The van der Waals surface area contributed by atoms with Crippen molar-refractivity contribution in [3.8, 4) is 0 Å². The van der Waals surface area contributed by atoms with Gasteiger partial charge in [0.25, 0.3) is 5.56 Å². The molecule has 4 aromatic rings. The fraction of sp³-hybridized carbons (Fsp3) is 0.524. The molecule has 0 aromatic carbocycles. The van der Waals surface area contributed by atoms with E-state index in [-0.39, 0.29) is 29.5 Å². The molecule has 7 heterocycles. The van der Waals surface area contributed by atoms with E-state index in [9.17, 15) is 24.8 Å². The Morgan fingerprint density at radius 3 is 2.74 bits per heavy atom. The summed E-state index contributed by atoms with van der Waals surface area (Å²) in [7, 11) is -2.64. The molecule has 246 valence electrons. The van der Waals surface area contributed by atoms with Crippen molar-refractivity contribution >= 4 is 83.3 Å². The lowest BCUT2D eigenvalue weighted by Crippen LogP contribution is -2.45. The summed E-state index contributed by atoms with van der Waals surface area (Å²) in [5, 5.41) is 21.3. The second-order valence-electron chi connectivity index (χ2n) is 11.1. The van der Waals surface area contributed by atoms with Gasteiger partial charge in [-0.2, -0.15) is 4.98 Å². The molecular formula is C21H24N10O10P2S3. The lowest BCUT2D eigenvalue weighted by Gasteiger charge is -2.34. The molecule has 20 nitrogen and oxygen atoms in total. The molecule has 1 aliphatic carbocycles. The van der Waals surface area contributed by atoms with Gasteiger partial charge in [-0.3, -0.25) is 23.4 Å². The Labute approximate surface area is 271 Å². The largest absolute Gasteiger partial charge is 0.387 e. The van der Waals surface area contributed by atoms with E-state index in [0.717, 1.165) is 11.8 Å². The minimum absolute atomic E-state index is 0.0170. The molecule has 46 heavy (non-hydrogen) atoms. The number of nitrogens with zero attached hydrogens (tertiary/aromatic N) is 7. The summed E-state index contributed by atoms with van der Waals surface area (Å²) in [5.74, 6) is 0.00204. The molecule has 4 fully saturated rings. The molecule has 0 amide bonds. The highest BCUT2D eigenvalue weighted by atomic mass is 32.5. The first kappa shape index (κ1) is 31.1. The van der Waals surface area contributed by atoms with Gasteiger partial charge < -0.3 is 50.0 Å². The number of imidazole rings is 2. The number of hydrogen-bond donors (Lipinski definition) is 7. The van der Waals surface area contributed by atoms with Crippen LogP contribution in [0.3, 0.4) is 0 Å². The van der Waals surface area contributed by atoms with Gasteiger partial charge in [-0.05, 0) is 23.6 Å². The van der Waals surface area contributed by atoms with E-state index in [0.29, 0.717) is 11.2 Å². The van der Waals surface area contributed by atoms with Crippen LogP contribution in [0.2, 0.25) is 0 Å². The smallest absolute Gasteiger partial charge is 0.325 e. The van der Waals surface area contributed by atoms with Gasteiger partial charge >= 0.3 is 6.72 Å². The van der Waals surface area contributed by atoms with Crippen molar-refractivity contribution in [2.45, 2.75) is 52.5 Å². The van der Waals surface area contributed by atoms with E-state index in [4.69, 9.17) is 58.1 Å². The Balaban J connectivity index is 1.05. The van der Waals surface area contributed by atoms with Crippen molar-refractivity contribution in [1.82, 2.24) is 39.0 Å². The molecule has 3 aliphatic heterocycles. The topological polar surface area (TPSA) is 286 Å². The van der Waals surface area contributed by atoms with Crippen LogP contribution >= 0.6 is 25.6 Å². The highest BCUT2D eigenvalue weighted by molar-refractivity contribution is 8.07. The first-order valence-corrected chi connectivity index (χ1v) is 19.4. The predicted octanol–water partition coefficient (Wildman–Crippen LogP) is -1.99. The number of hydrogen-bond acceptors (Lipinski definition) is 18. The first-order valence-electron chi connectivity index (χ1n) is 13.4. The van der Waals surface area contributed by atoms with Gasteiger partial charge in [-0.25, -0.2) is 19.9 Å². The third-order valence-electron chi connectivity index (χ3n) is 8.42. The van der Waals surface area contributed by atoms with Crippen LogP contribution in [0.4, 0.5) is 11.8 Å². The average molecular weight is 735 g/mol. The molecule has 3 saturated heterocycles. The van der Waals surface area contributed by atoms with Crippen LogP contribution in [0, 0.1) is 0 Å². The number of nitrogens with two attached hydrogens (primary N) is 2. The number of thioether (sulfide) groups is 1. The molecule has 0 spiro atoms. The van der Waals surface area contributed by atoms with Crippen LogP contribution in [0.1, 0.15) is 11.6 Å². The van der Waals surface area contributed by atoms with Crippen molar-refractivity contribution < 1.29 is 43.0 Å². The van der Waals surface area contributed by atoms with Crippen molar-refractivity contribution in [2.75, 3.05) is 24.7 Å². The molecule has 4 aliphatic rings. The third-order valence-corrected chi connectivity index (χ3v) is 12.4. The number of aromatic nitrogens is 8. The van der Waals surface area contributed by atoms with Gasteiger partial charge in [0.1, 0.15) is 52.8 Å². The number of anilines is 2. The predicted molar refractivity (Wildman–Crippen MR) is 166 cm³/mol. The zero-order chi connectivity index (χ0) is 32.3. The Morgan fingerprint density at radius 2 is 1.96 bits per heavy atom. The summed E-state index contributed by atoms with van der Waals surface area (Å²) in [4.78, 5) is 56.5. The number of aliphatic hydroxyl groups is 2. The third kappa shape index (κ3) is 4.61. The van der Waals surface area contributed by atoms with Crippen molar-refractivity contribution in [2.24, 2.45) is 0 Å². The Morgan fingerprint density at radius 1 is 1.20 bits per heavy atom. The molecule has 3 unspecified atom stereocenters. The molecule has 11 atom stereocenters. The number of fused-ring (bicyclic) bond motifs is 5. The van der Waals surface area contributed by atoms with E-state index >= 15 is 0 Å². The molecular weight excluding hydrogens is 710 g/mol. The number of aliphatic hydroxyl groups excluding tert-OH is 1. The zero-order valence-corrected chi connectivity index (χ0v) is 27.2. The minimum atomic E-state index is -4.24. The van der Waals surface area contributed by atoms with Gasteiger partial charge in [0.2, 0.25) is 5.95 Å². The monoisotopic (exact) mass is 734 g/mol. The SMILES string of the molecule is Nc1nc2c(ncn2[C@@H]2S[C@@H]3C(O[PH](O)=S)[C@]3(O)[C@H]2OP(O)(=S)OC[C@@]23CO[C@@H]([C@H](n4cnc5c(N)ncnc54)O2)[C@@H]3O)c(=O)[nH]1. The maximum absolute atomic E-state index is 12.4. The number of rotatable bonds is 9. The highest BCUT2D eigenvalue weighted by Crippen LogP contribution is 2.68. The highest BCUT2D eigenvalue weighted by Gasteiger charge is 2.78. The second-order valence-corrected chi connectivity index (χ2v) is 16.9. The number of nitrogens with one attached hydrogen (secondary N) is 1. The van der Waals surface area contributed by atoms with Crippen LogP contribution in [0.5, 0.6) is 0 Å². The number of nitrogen functional groups attached to an aromatic ring is 2. The Kier molecular flexibility index (Phi) is 7.19. The standard InChI is InChI=1S/C21H24N10O10P2S3/c22-13-6-14(25-3-24-13)30(4-26-6)17-8-9(32)20(39-17,1-37-8)2-38-43(36,45)41-11-18(46-12-10(21(11,12)34)40-42(35)44)31-5-27-7-15(31)28-19(23)29-16(7)33/h3-5,8-12,17-18,32,34,42H,1-2H2,(H,35,44)(H,36,45)(H2,22,24,25)(H3,23,28,29,33)/t8-,9+,10?,11+,12-,17-,18-,20-,21+,43?/m1/s1. The van der Waals surface area contributed by atoms with E-state index in [1.807, 2.05) is 0 Å². The fourth-order valence-corrected chi connectivity index (χ4v) is 10.5. The van der Waals surface area contributed by atoms with Crippen molar-refractivity contribution in [3.63, 3.8) is 0 Å². The summed E-state index contributed by atoms with van der Waals surface area (Å²) in [6, 6.07) is 0. The molecule has 2 bridgehead atoms. The number of aromatic amines is 1. The summed E-state index contributed by atoms with van der Waals surface area (Å²) in [6.07, 6.45) is -1.17. The Hall–Kier alpha value is -2.21. The zero-order valence-electron chi connectivity index (χ0n) is 22.9. The number of H-pyrrole nitrogens is 1. The summed E-state index contributed by atoms with van der Waals surface area (Å²) < 4.78 is 32.2. The molecule has 25 heteroatoms. The fourth-order valence-electron chi connectivity index (χ4n) is 6.19. The lowest BCUT2D eigenvalue weighted by atomic mass is 10.0. The minimum Gasteiger partial charge on any atom is -0.387 e. The van der Waals surface area contributed by atoms with E-state index in [1.54, 1.807) is 4.57 Å². The van der Waals surface area contributed by atoms with Crippen LogP contribution in [0.25, 0.3) is 22.3 Å². The normalized spacial score (nSPS) is 36.7. The molecule has 9 N–H and O–H groups in total. The van der Waals surface area contributed by atoms with Gasteiger partial charge in [-0.15, -0.1) is 11.8 Å². The second kappa shape index (κ2) is 10.6. The first-order chi connectivity index (χ1) is 21.8. The summed E-state index contributed by atoms with van der Waals surface area (Å²) in [6.45, 7) is -4.79. The molecule has 8 rings (SSSR count).